The molecule has 0 aliphatic rings. The van der Waals surface area contributed by atoms with Crippen molar-refractivity contribution in [3.63, 3.8) is 0 Å². The highest BCUT2D eigenvalue weighted by atomic mass is 35.5. The van der Waals surface area contributed by atoms with E-state index in [-0.39, 0.29) is 11.5 Å². The Morgan fingerprint density at radius 2 is 1.96 bits per heavy atom. The number of anilines is 2. The van der Waals surface area contributed by atoms with Crippen molar-refractivity contribution < 1.29 is 4.74 Å². The van der Waals surface area contributed by atoms with E-state index in [1.807, 2.05) is 6.92 Å². The number of H-pyrrole nitrogens is 1. The van der Waals surface area contributed by atoms with Crippen molar-refractivity contribution >= 4 is 23.1 Å². The maximum atomic E-state index is 12.2. The number of benzene rings is 1. The normalized spacial score (nSPS) is 10.7. The molecular formula is C17H23ClN4O3. The summed E-state index contributed by atoms with van der Waals surface area (Å²) in [5, 5.41) is 0.637. The summed E-state index contributed by atoms with van der Waals surface area (Å²) >= 11 is 5.83. The number of hydrogen-bond donors (Lipinski definition) is 2. The number of nitrogens with two attached hydrogens (primary N) is 1. The summed E-state index contributed by atoms with van der Waals surface area (Å²) in [6, 6.07) is 7.03. The Bertz CT molecular complexity index is 814. The van der Waals surface area contributed by atoms with E-state index in [1.54, 1.807) is 36.2 Å². The molecule has 0 saturated carbocycles. The molecule has 3 N–H and O–H groups in total. The molecule has 2 aromatic rings. The third-order valence-electron chi connectivity index (χ3n) is 3.84. The van der Waals surface area contributed by atoms with E-state index in [1.165, 1.54) is 4.57 Å². The molecule has 1 heterocycles. The van der Waals surface area contributed by atoms with Gasteiger partial charge in [0.1, 0.15) is 23.9 Å². The SMILES string of the molecule is CCCCn1c(N)c(N(C)CCOc2ccc(Cl)cc2)c(=O)[nH]c1=O. The van der Waals surface area contributed by atoms with Crippen molar-refractivity contribution in [2.45, 2.75) is 26.3 Å². The fraction of sp³-hybridized carbons (Fsp3) is 0.412. The quantitative estimate of drug-likeness (QED) is 0.746. The van der Waals surface area contributed by atoms with Crippen LogP contribution in [-0.4, -0.2) is 29.8 Å². The van der Waals surface area contributed by atoms with E-state index >= 15 is 0 Å². The van der Waals surface area contributed by atoms with Gasteiger partial charge >= 0.3 is 5.69 Å². The third-order valence-corrected chi connectivity index (χ3v) is 4.09. The van der Waals surface area contributed by atoms with E-state index in [4.69, 9.17) is 22.1 Å². The van der Waals surface area contributed by atoms with E-state index in [0.29, 0.717) is 30.5 Å². The van der Waals surface area contributed by atoms with Gasteiger partial charge in [0.25, 0.3) is 5.56 Å². The van der Waals surface area contributed by atoms with Crippen LogP contribution in [0.25, 0.3) is 0 Å². The highest BCUT2D eigenvalue weighted by Gasteiger charge is 2.15. The van der Waals surface area contributed by atoms with Gasteiger partial charge < -0.3 is 15.4 Å². The van der Waals surface area contributed by atoms with Gasteiger partial charge in [-0.2, -0.15) is 0 Å². The second-order valence-electron chi connectivity index (χ2n) is 5.72. The maximum Gasteiger partial charge on any atom is 0.330 e. The van der Waals surface area contributed by atoms with Crippen molar-refractivity contribution in [2.75, 3.05) is 30.8 Å². The van der Waals surface area contributed by atoms with Gasteiger partial charge in [-0.05, 0) is 30.7 Å². The van der Waals surface area contributed by atoms with Crippen LogP contribution in [0.1, 0.15) is 19.8 Å². The van der Waals surface area contributed by atoms with Gasteiger partial charge in [0.05, 0.1) is 6.54 Å². The number of aromatic amines is 1. The van der Waals surface area contributed by atoms with Gasteiger partial charge in [0.2, 0.25) is 0 Å². The van der Waals surface area contributed by atoms with Crippen LogP contribution in [0.4, 0.5) is 11.5 Å². The Morgan fingerprint density at radius 3 is 2.60 bits per heavy atom. The Morgan fingerprint density at radius 1 is 1.28 bits per heavy atom. The summed E-state index contributed by atoms with van der Waals surface area (Å²) in [5.74, 6) is 0.865. The number of likely N-dealkylation sites (N-methyl/N-ethyl adjacent to an activating group) is 1. The molecule has 25 heavy (non-hydrogen) atoms. The first-order valence-corrected chi connectivity index (χ1v) is 8.54. The van der Waals surface area contributed by atoms with Crippen molar-refractivity contribution in [2.24, 2.45) is 0 Å². The summed E-state index contributed by atoms with van der Waals surface area (Å²) < 4.78 is 7.03. The molecule has 0 unspecified atom stereocenters. The van der Waals surface area contributed by atoms with Crippen molar-refractivity contribution in [1.29, 1.82) is 0 Å². The fourth-order valence-corrected chi connectivity index (χ4v) is 2.55. The summed E-state index contributed by atoms with van der Waals surface area (Å²) in [5.41, 5.74) is 5.37. The van der Waals surface area contributed by atoms with Crippen LogP contribution in [0.15, 0.2) is 33.9 Å². The minimum atomic E-state index is -0.496. The predicted octanol–water partition coefficient (Wildman–Crippen LogP) is 2.09. The number of rotatable bonds is 8. The zero-order valence-electron chi connectivity index (χ0n) is 14.4. The lowest BCUT2D eigenvalue weighted by molar-refractivity contribution is 0.326. The van der Waals surface area contributed by atoms with Gasteiger partial charge in [-0.3, -0.25) is 14.3 Å². The number of nitrogens with zero attached hydrogens (tertiary/aromatic N) is 2. The number of halogens is 1. The van der Waals surface area contributed by atoms with Gasteiger partial charge in [-0.15, -0.1) is 0 Å². The van der Waals surface area contributed by atoms with Gasteiger partial charge in [-0.1, -0.05) is 24.9 Å². The first-order chi connectivity index (χ1) is 11.9. The number of hydrogen-bond acceptors (Lipinski definition) is 5. The molecule has 0 aliphatic heterocycles. The predicted molar refractivity (Wildman–Crippen MR) is 101 cm³/mol. The fourth-order valence-electron chi connectivity index (χ4n) is 2.43. The van der Waals surface area contributed by atoms with E-state index in [9.17, 15) is 9.59 Å². The second-order valence-corrected chi connectivity index (χ2v) is 6.16. The molecule has 0 aliphatic carbocycles. The van der Waals surface area contributed by atoms with E-state index in [2.05, 4.69) is 4.98 Å². The third kappa shape index (κ3) is 4.79. The summed E-state index contributed by atoms with van der Waals surface area (Å²) in [6.45, 7) is 3.28. The summed E-state index contributed by atoms with van der Waals surface area (Å²) in [6.07, 6.45) is 1.73. The van der Waals surface area contributed by atoms with Crippen molar-refractivity contribution in [3.05, 3.63) is 50.1 Å². The lowest BCUT2D eigenvalue weighted by Gasteiger charge is -2.22. The molecule has 1 aromatic carbocycles. The lowest BCUT2D eigenvalue weighted by atomic mass is 10.3. The zero-order chi connectivity index (χ0) is 18.4. The number of unbranched alkanes of at least 4 members (excludes halogenated alkanes) is 1. The number of nitrogen functional groups attached to an aromatic ring is 1. The van der Waals surface area contributed by atoms with Crippen molar-refractivity contribution in [1.82, 2.24) is 9.55 Å². The Kier molecular flexibility index (Phi) is 6.52. The second kappa shape index (κ2) is 8.62. The molecule has 0 atom stereocenters. The van der Waals surface area contributed by atoms with E-state index < -0.39 is 11.2 Å². The minimum absolute atomic E-state index is 0.177. The molecule has 1 aromatic heterocycles. The molecule has 0 radical (unpaired) electrons. The molecule has 0 amide bonds. The van der Waals surface area contributed by atoms with Crippen LogP contribution in [0.3, 0.4) is 0 Å². The van der Waals surface area contributed by atoms with Crippen LogP contribution in [0.2, 0.25) is 5.02 Å². The molecule has 0 fully saturated rings. The molecule has 0 spiro atoms. The van der Waals surface area contributed by atoms with Gasteiger partial charge in [0.15, 0.2) is 0 Å². The molecule has 8 heteroatoms. The monoisotopic (exact) mass is 366 g/mol. The number of nitrogens with one attached hydrogen (secondary N) is 1. The number of ether oxygens (including phenoxy) is 1. The van der Waals surface area contributed by atoms with E-state index in [0.717, 1.165) is 12.8 Å². The van der Waals surface area contributed by atoms with Crippen LogP contribution in [-0.2, 0) is 6.54 Å². The highest BCUT2D eigenvalue weighted by Crippen LogP contribution is 2.17. The van der Waals surface area contributed by atoms with Crippen LogP contribution in [0, 0.1) is 0 Å². The molecule has 136 valence electrons. The molecule has 7 nitrogen and oxygen atoms in total. The largest absolute Gasteiger partial charge is 0.492 e. The maximum absolute atomic E-state index is 12.2. The molecule has 0 bridgehead atoms. The topological polar surface area (TPSA) is 93.3 Å². The Balaban J connectivity index is 2.10. The average Bonchev–Trinajstić information content (AvgIpc) is 2.56. The van der Waals surface area contributed by atoms with Crippen molar-refractivity contribution in [3.8, 4) is 5.75 Å². The standard InChI is InChI=1S/C17H23ClN4O3/c1-3-4-9-22-15(19)14(16(23)20-17(22)24)21(2)10-11-25-13-7-5-12(18)6-8-13/h5-8H,3-4,9-11,19H2,1-2H3,(H,20,23,24). The zero-order valence-corrected chi connectivity index (χ0v) is 15.2. The smallest absolute Gasteiger partial charge is 0.330 e. The number of aromatic nitrogens is 2. The van der Waals surface area contributed by atoms with Crippen LogP contribution < -0.4 is 26.6 Å². The first kappa shape index (κ1) is 18.9. The van der Waals surface area contributed by atoms with Gasteiger partial charge in [-0.25, -0.2) is 4.79 Å². The molecular weight excluding hydrogens is 344 g/mol. The molecule has 0 saturated heterocycles. The first-order valence-electron chi connectivity index (χ1n) is 8.16. The lowest BCUT2D eigenvalue weighted by Crippen LogP contribution is -2.38. The van der Waals surface area contributed by atoms with Crippen LogP contribution >= 0.6 is 11.6 Å². The average molecular weight is 367 g/mol. The Labute approximate surface area is 151 Å². The van der Waals surface area contributed by atoms with Gasteiger partial charge in [0, 0.05) is 18.6 Å². The molecule has 2 rings (SSSR count). The summed E-state index contributed by atoms with van der Waals surface area (Å²) in [7, 11) is 1.74. The van der Waals surface area contributed by atoms with Crippen LogP contribution in [0.5, 0.6) is 5.75 Å². The Hall–Kier alpha value is -2.41. The summed E-state index contributed by atoms with van der Waals surface area (Å²) in [4.78, 5) is 28.1. The minimum Gasteiger partial charge on any atom is -0.492 e. The highest BCUT2D eigenvalue weighted by molar-refractivity contribution is 6.30.